The van der Waals surface area contributed by atoms with Crippen LogP contribution in [0.5, 0.6) is 11.5 Å². The van der Waals surface area contributed by atoms with E-state index in [0.29, 0.717) is 35.9 Å². The summed E-state index contributed by atoms with van der Waals surface area (Å²) in [5.41, 5.74) is 1.89. The minimum Gasteiger partial charge on any atom is -0.493 e. The van der Waals surface area contributed by atoms with E-state index < -0.39 is 0 Å². The van der Waals surface area contributed by atoms with E-state index in [9.17, 15) is 4.79 Å². The average Bonchev–Trinajstić information content (AvgIpc) is 2.78. The van der Waals surface area contributed by atoms with Gasteiger partial charge in [-0.05, 0) is 29.3 Å². The van der Waals surface area contributed by atoms with E-state index in [4.69, 9.17) is 9.47 Å². The molecule has 0 unspecified atom stereocenters. The van der Waals surface area contributed by atoms with Gasteiger partial charge < -0.3 is 14.8 Å². The van der Waals surface area contributed by atoms with Gasteiger partial charge in [-0.15, -0.1) is 0 Å². The molecule has 4 rings (SSSR count). The molecule has 6 nitrogen and oxygen atoms in total. The highest BCUT2D eigenvalue weighted by Crippen LogP contribution is 2.29. The molecule has 29 heavy (non-hydrogen) atoms. The molecule has 0 aliphatic rings. The molecule has 1 heterocycles. The van der Waals surface area contributed by atoms with Gasteiger partial charge in [-0.3, -0.25) is 4.79 Å². The lowest BCUT2D eigenvalue weighted by Gasteiger charge is -2.13. The van der Waals surface area contributed by atoms with Crippen LogP contribution in [0.3, 0.4) is 0 Å². The van der Waals surface area contributed by atoms with Crippen molar-refractivity contribution in [2.24, 2.45) is 0 Å². The summed E-state index contributed by atoms with van der Waals surface area (Å²) in [6.45, 7) is 0.981. The molecule has 4 aromatic rings. The quantitative estimate of drug-likeness (QED) is 0.499. The molecular weight excluding hydrogens is 366 g/mol. The fourth-order valence-corrected chi connectivity index (χ4v) is 3.11. The monoisotopic (exact) mass is 387 g/mol. The summed E-state index contributed by atoms with van der Waals surface area (Å²) >= 11 is 0. The summed E-state index contributed by atoms with van der Waals surface area (Å²) in [5, 5.41) is 11.4. The van der Waals surface area contributed by atoms with Crippen molar-refractivity contribution in [3.8, 4) is 11.5 Å². The van der Waals surface area contributed by atoms with Gasteiger partial charge in [0.15, 0.2) is 17.3 Å². The number of H-pyrrole nitrogens is 1. The minimum absolute atomic E-state index is 0.202. The summed E-state index contributed by atoms with van der Waals surface area (Å²) in [6.07, 6.45) is 0. The zero-order valence-corrected chi connectivity index (χ0v) is 16.0. The molecule has 0 amide bonds. The van der Waals surface area contributed by atoms with E-state index in [2.05, 4.69) is 15.5 Å². The lowest BCUT2D eigenvalue weighted by molar-refractivity contribution is 0.284. The molecule has 6 heteroatoms. The van der Waals surface area contributed by atoms with Gasteiger partial charge in [0.2, 0.25) is 0 Å². The number of ether oxygens (including phenoxy) is 2. The third-order valence-corrected chi connectivity index (χ3v) is 4.62. The predicted molar refractivity (Wildman–Crippen MR) is 113 cm³/mol. The van der Waals surface area contributed by atoms with E-state index >= 15 is 0 Å². The Morgan fingerprint density at radius 1 is 0.897 bits per heavy atom. The molecule has 0 aliphatic heterocycles. The molecule has 3 aromatic carbocycles. The second kappa shape index (κ2) is 8.48. The Morgan fingerprint density at radius 3 is 2.45 bits per heavy atom. The van der Waals surface area contributed by atoms with Crippen molar-refractivity contribution >= 4 is 16.6 Å². The molecule has 0 fully saturated rings. The molecular formula is C23H21N3O3. The van der Waals surface area contributed by atoms with Crippen LogP contribution in [0, 0.1) is 0 Å². The van der Waals surface area contributed by atoms with Crippen LogP contribution in [-0.2, 0) is 13.2 Å². The van der Waals surface area contributed by atoms with Crippen molar-refractivity contribution < 1.29 is 9.47 Å². The summed E-state index contributed by atoms with van der Waals surface area (Å²) in [5.74, 6) is 1.98. The van der Waals surface area contributed by atoms with Gasteiger partial charge in [0.1, 0.15) is 6.61 Å². The number of rotatable bonds is 7. The van der Waals surface area contributed by atoms with Crippen molar-refractivity contribution in [3.63, 3.8) is 0 Å². The van der Waals surface area contributed by atoms with Crippen LogP contribution >= 0.6 is 0 Å². The number of aromatic amines is 1. The molecule has 146 valence electrons. The number of methoxy groups -OCH3 is 1. The van der Waals surface area contributed by atoms with Crippen LogP contribution in [0.2, 0.25) is 0 Å². The van der Waals surface area contributed by atoms with Gasteiger partial charge in [-0.1, -0.05) is 54.6 Å². The average molecular weight is 387 g/mol. The number of fused-ring (bicyclic) bond motifs is 1. The second-order valence-electron chi connectivity index (χ2n) is 6.56. The first-order valence-electron chi connectivity index (χ1n) is 9.29. The largest absolute Gasteiger partial charge is 0.493 e. The molecule has 0 saturated carbocycles. The topological polar surface area (TPSA) is 76.2 Å². The first kappa shape index (κ1) is 18.6. The minimum atomic E-state index is -0.202. The fraction of sp³-hybridized carbons (Fsp3) is 0.130. The first-order chi connectivity index (χ1) is 14.2. The van der Waals surface area contributed by atoms with Crippen molar-refractivity contribution in [3.05, 3.63) is 94.3 Å². The van der Waals surface area contributed by atoms with Gasteiger partial charge in [0, 0.05) is 11.9 Å². The van der Waals surface area contributed by atoms with Crippen molar-refractivity contribution in [1.82, 2.24) is 10.2 Å². The molecule has 0 spiro atoms. The van der Waals surface area contributed by atoms with E-state index in [0.717, 1.165) is 16.5 Å². The molecule has 1 aromatic heterocycles. The molecule has 0 bridgehead atoms. The SMILES string of the molecule is COc1ccc(CNc2n[nH]c(=O)c3ccccc23)cc1OCc1ccccc1. The van der Waals surface area contributed by atoms with Gasteiger partial charge >= 0.3 is 0 Å². The summed E-state index contributed by atoms with van der Waals surface area (Å²) in [4.78, 5) is 11.9. The zero-order valence-electron chi connectivity index (χ0n) is 16.0. The number of nitrogens with one attached hydrogen (secondary N) is 2. The predicted octanol–water partition coefficient (Wildman–Crippen LogP) is 4.12. The van der Waals surface area contributed by atoms with Gasteiger partial charge in [-0.25, -0.2) is 5.10 Å². The van der Waals surface area contributed by atoms with E-state index in [1.165, 1.54) is 0 Å². The number of hydrogen-bond acceptors (Lipinski definition) is 5. The maximum Gasteiger partial charge on any atom is 0.272 e. The molecule has 2 N–H and O–H groups in total. The summed E-state index contributed by atoms with van der Waals surface area (Å²) in [6, 6.07) is 23.2. The Hall–Kier alpha value is -3.80. The molecule has 0 radical (unpaired) electrons. The fourth-order valence-electron chi connectivity index (χ4n) is 3.11. The van der Waals surface area contributed by atoms with Gasteiger partial charge in [-0.2, -0.15) is 5.10 Å². The van der Waals surface area contributed by atoms with Crippen LogP contribution in [0.1, 0.15) is 11.1 Å². The molecule has 0 saturated heterocycles. The number of nitrogens with zero attached hydrogens (tertiary/aromatic N) is 1. The Kier molecular flexibility index (Phi) is 5.42. The van der Waals surface area contributed by atoms with E-state index in [-0.39, 0.29) is 5.56 Å². The van der Waals surface area contributed by atoms with E-state index in [1.807, 2.05) is 66.7 Å². The highest BCUT2D eigenvalue weighted by Gasteiger charge is 2.09. The maximum absolute atomic E-state index is 11.9. The summed E-state index contributed by atoms with van der Waals surface area (Å²) < 4.78 is 11.4. The van der Waals surface area contributed by atoms with Gasteiger partial charge in [0.25, 0.3) is 5.56 Å². The Bertz CT molecular complexity index is 1170. The smallest absolute Gasteiger partial charge is 0.272 e. The van der Waals surface area contributed by atoms with Crippen LogP contribution in [0.15, 0.2) is 77.6 Å². The highest BCUT2D eigenvalue weighted by atomic mass is 16.5. The number of anilines is 1. The lowest BCUT2D eigenvalue weighted by atomic mass is 10.1. The first-order valence-corrected chi connectivity index (χ1v) is 9.29. The molecule has 0 atom stereocenters. The van der Waals surface area contributed by atoms with Crippen LogP contribution < -0.4 is 20.3 Å². The van der Waals surface area contributed by atoms with Crippen molar-refractivity contribution in [2.45, 2.75) is 13.2 Å². The normalized spacial score (nSPS) is 10.7. The third kappa shape index (κ3) is 4.21. The number of benzene rings is 3. The maximum atomic E-state index is 11.9. The summed E-state index contributed by atoms with van der Waals surface area (Å²) in [7, 11) is 1.62. The Morgan fingerprint density at radius 2 is 1.66 bits per heavy atom. The van der Waals surface area contributed by atoms with Crippen LogP contribution in [0.25, 0.3) is 10.8 Å². The number of hydrogen-bond donors (Lipinski definition) is 2. The lowest BCUT2D eigenvalue weighted by Crippen LogP contribution is -2.12. The van der Waals surface area contributed by atoms with Gasteiger partial charge in [0.05, 0.1) is 12.5 Å². The third-order valence-electron chi connectivity index (χ3n) is 4.62. The standard InChI is InChI=1S/C23H21N3O3/c1-28-20-12-11-17(13-21(20)29-15-16-7-3-2-4-8-16)14-24-22-18-9-5-6-10-19(18)23(27)26-25-22/h2-13H,14-15H2,1H3,(H,24,25)(H,26,27). The van der Waals surface area contributed by atoms with Crippen LogP contribution in [0.4, 0.5) is 5.82 Å². The van der Waals surface area contributed by atoms with Crippen LogP contribution in [-0.4, -0.2) is 17.3 Å². The Balaban J connectivity index is 1.52. The van der Waals surface area contributed by atoms with Crippen molar-refractivity contribution in [1.29, 1.82) is 0 Å². The molecule has 0 aliphatic carbocycles. The van der Waals surface area contributed by atoms with Crippen molar-refractivity contribution in [2.75, 3.05) is 12.4 Å². The Labute approximate surface area is 168 Å². The zero-order chi connectivity index (χ0) is 20.1. The van der Waals surface area contributed by atoms with E-state index in [1.54, 1.807) is 13.2 Å². The second-order valence-corrected chi connectivity index (χ2v) is 6.56. The highest BCUT2D eigenvalue weighted by molar-refractivity contribution is 5.90. The number of aromatic nitrogens is 2.